The molecule has 314 valence electrons. The lowest BCUT2D eigenvalue weighted by atomic mass is 9.60. The smallest absolute Gasteiger partial charge is 0.160 e. The quantitative estimate of drug-likeness (QED) is 0.177. The molecule has 3 heteroatoms. The second-order valence-corrected chi connectivity index (χ2v) is 20.2. The SMILES string of the molecule is CC1(C)C2=CC3C4=CC=CCC4C4(CCCCC4)C3C=C2c2c(-c3cccc(C4=CCC(c5cc(-c6ccc7c(c6)OC6C=CC=CC76)nc(-c6ccccc6)n5)C=C4)c3)cccc21. The Kier molecular flexibility index (Phi) is 8.71. The van der Waals surface area contributed by atoms with Crippen LogP contribution in [0.25, 0.3) is 44.9 Å². The zero-order valence-corrected chi connectivity index (χ0v) is 36.9. The van der Waals surface area contributed by atoms with Gasteiger partial charge in [0.25, 0.3) is 0 Å². The van der Waals surface area contributed by atoms with Crippen molar-refractivity contribution in [2.24, 2.45) is 23.2 Å². The van der Waals surface area contributed by atoms with Gasteiger partial charge in [-0.25, -0.2) is 9.97 Å². The fourth-order valence-corrected chi connectivity index (χ4v) is 13.4. The van der Waals surface area contributed by atoms with Gasteiger partial charge < -0.3 is 4.74 Å². The first kappa shape index (κ1) is 38.2. The van der Waals surface area contributed by atoms with Crippen molar-refractivity contribution < 1.29 is 4.74 Å². The molecular weight excluding hydrogens is 777 g/mol. The Labute approximate surface area is 378 Å². The minimum Gasteiger partial charge on any atom is -0.485 e. The van der Waals surface area contributed by atoms with Crippen LogP contribution < -0.4 is 4.74 Å². The van der Waals surface area contributed by atoms with E-state index in [0.29, 0.717) is 23.2 Å². The second-order valence-electron chi connectivity index (χ2n) is 20.2. The predicted octanol–water partition coefficient (Wildman–Crippen LogP) is 14.9. The molecule has 4 aromatic carbocycles. The molecule has 8 aliphatic rings. The lowest BCUT2D eigenvalue weighted by Gasteiger charge is -2.44. The van der Waals surface area contributed by atoms with Gasteiger partial charge in [0.1, 0.15) is 11.9 Å². The van der Waals surface area contributed by atoms with E-state index in [0.717, 1.165) is 40.5 Å². The minimum atomic E-state index is -0.0461. The number of nitrogens with zero attached hydrogens (tertiary/aromatic N) is 2. The number of aromatic nitrogens is 2. The zero-order valence-electron chi connectivity index (χ0n) is 36.9. The second kappa shape index (κ2) is 14.6. The van der Waals surface area contributed by atoms with E-state index in [4.69, 9.17) is 14.7 Å². The highest BCUT2D eigenvalue weighted by molar-refractivity contribution is 5.98. The van der Waals surface area contributed by atoms with E-state index >= 15 is 0 Å². The van der Waals surface area contributed by atoms with Crippen LogP contribution in [0, 0.1) is 23.2 Å². The Bertz CT molecular complexity index is 3010. The van der Waals surface area contributed by atoms with Gasteiger partial charge in [0, 0.05) is 39.9 Å². The number of fused-ring (bicyclic) bond motifs is 11. The normalized spacial score (nSPS) is 27.0. The summed E-state index contributed by atoms with van der Waals surface area (Å²) in [7, 11) is 0. The summed E-state index contributed by atoms with van der Waals surface area (Å²) < 4.78 is 6.42. The van der Waals surface area contributed by atoms with Gasteiger partial charge in [-0.15, -0.1) is 0 Å². The maximum atomic E-state index is 6.42. The molecule has 0 bridgehead atoms. The zero-order chi connectivity index (χ0) is 42.6. The van der Waals surface area contributed by atoms with Gasteiger partial charge in [0.15, 0.2) is 5.82 Å². The lowest BCUT2D eigenvalue weighted by Crippen LogP contribution is -2.35. The first-order valence-electron chi connectivity index (χ1n) is 24.0. The van der Waals surface area contributed by atoms with Crippen molar-refractivity contribution in [2.75, 3.05) is 0 Å². The van der Waals surface area contributed by atoms with Crippen LogP contribution in [0.2, 0.25) is 0 Å². The molecule has 1 aromatic heterocycles. The van der Waals surface area contributed by atoms with Gasteiger partial charge >= 0.3 is 0 Å². The third-order valence-corrected chi connectivity index (χ3v) is 16.6. The Morgan fingerprint density at radius 2 is 1.53 bits per heavy atom. The van der Waals surface area contributed by atoms with E-state index in [1.807, 2.05) is 6.07 Å². The van der Waals surface area contributed by atoms with Crippen LogP contribution in [-0.4, -0.2) is 16.1 Å². The predicted molar refractivity (Wildman–Crippen MR) is 262 cm³/mol. The number of hydrogen-bond acceptors (Lipinski definition) is 3. The number of ether oxygens (including phenoxy) is 1. The van der Waals surface area contributed by atoms with Crippen molar-refractivity contribution >= 4 is 11.1 Å². The summed E-state index contributed by atoms with van der Waals surface area (Å²) in [5.41, 5.74) is 18.5. The van der Waals surface area contributed by atoms with Gasteiger partial charge in [-0.3, -0.25) is 0 Å². The van der Waals surface area contributed by atoms with E-state index in [2.05, 4.69) is 178 Å². The van der Waals surface area contributed by atoms with Crippen LogP contribution >= 0.6 is 0 Å². The van der Waals surface area contributed by atoms with Crippen LogP contribution in [0.4, 0.5) is 0 Å². The van der Waals surface area contributed by atoms with E-state index in [-0.39, 0.29) is 23.4 Å². The summed E-state index contributed by atoms with van der Waals surface area (Å²) in [5, 5.41) is 0. The fourth-order valence-electron chi connectivity index (χ4n) is 13.4. The topological polar surface area (TPSA) is 35.0 Å². The summed E-state index contributed by atoms with van der Waals surface area (Å²) in [4.78, 5) is 10.4. The molecular formula is C61H54N2O. The summed E-state index contributed by atoms with van der Waals surface area (Å²) in [5.74, 6) is 3.87. The number of allylic oxidation sites excluding steroid dienone is 14. The molecule has 2 heterocycles. The first-order valence-corrected chi connectivity index (χ1v) is 24.0. The monoisotopic (exact) mass is 830 g/mol. The fraction of sp³-hybridized carbons (Fsp3) is 0.279. The number of hydrogen-bond donors (Lipinski definition) is 0. The molecule has 6 atom stereocenters. The Hall–Kier alpha value is -6.32. The first-order chi connectivity index (χ1) is 31.4. The highest BCUT2D eigenvalue weighted by Gasteiger charge is 2.58. The summed E-state index contributed by atoms with van der Waals surface area (Å²) in [6.45, 7) is 4.94. The van der Waals surface area contributed by atoms with Crippen LogP contribution in [-0.2, 0) is 5.41 Å². The minimum absolute atomic E-state index is 0.0461. The average Bonchev–Trinajstić information content (AvgIpc) is 3.94. The standard InChI is InChI=1S/C61H54N2O/c1-60(2)51-23-14-21-44(58(51)49-36-53-48(35-52(49)60)45-19-7-9-22-50(45)61(53)31-11-4-12-32-61)42-18-13-17-41(33-42)38-25-27-39(28-26-38)54-37-55(63-59(62-54)40-15-5-3-6-16-40)43-29-30-47-46-20-8-10-24-56(46)64-57(47)34-43/h3,5-10,13-21,23-27,29-30,33-37,39,46,48,50,53,56H,4,11-12,22,28,31-32H2,1-2H3. The molecule has 1 aliphatic heterocycles. The van der Waals surface area contributed by atoms with E-state index in [1.54, 1.807) is 11.1 Å². The molecule has 0 amide bonds. The van der Waals surface area contributed by atoms with Gasteiger partial charge in [-0.2, -0.15) is 0 Å². The van der Waals surface area contributed by atoms with Crippen molar-refractivity contribution in [3.8, 4) is 39.5 Å². The Morgan fingerprint density at radius 3 is 2.41 bits per heavy atom. The van der Waals surface area contributed by atoms with Crippen molar-refractivity contribution in [3.05, 3.63) is 209 Å². The van der Waals surface area contributed by atoms with Crippen LogP contribution in [0.15, 0.2) is 181 Å². The van der Waals surface area contributed by atoms with E-state index in [9.17, 15) is 0 Å². The van der Waals surface area contributed by atoms with E-state index in [1.165, 1.54) is 83.1 Å². The summed E-state index contributed by atoms with van der Waals surface area (Å²) >= 11 is 0. The van der Waals surface area contributed by atoms with Crippen LogP contribution in [0.3, 0.4) is 0 Å². The lowest BCUT2D eigenvalue weighted by molar-refractivity contribution is 0.0961. The Morgan fingerprint density at radius 1 is 0.688 bits per heavy atom. The van der Waals surface area contributed by atoms with Gasteiger partial charge in [-0.05, 0) is 112 Å². The molecule has 7 aliphatic carbocycles. The third kappa shape index (κ3) is 5.85. The molecule has 3 nitrogen and oxygen atoms in total. The van der Waals surface area contributed by atoms with Gasteiger partial charge in [-0.1, -0.05) is 184 Å². The molecule has 6 unspecified atom stereocenters. The Balaban J connectivity index is 0.824. The van der Waals surface area contributed by atoms with Gasteiger partial charge in [0.2, 0.25) is 0 Å². The molecule has 2 fully saturated rings. The van der Waals surface area contributed by atoms with Crippen LogP contribution in [0.1, 0.15) is 98.6 Å². The maximum Gasteiger partial charge on any atom is 0.160 e. The average molecular weight is 831 g/mol. The van der Waals surface area contributed by atoms with Crippen molar-refractivity contribution in [1.29, 1.82) is 0 Å². The number of benzene rings is 4. The summed E-state index contributed by atoms with van der Waals surface area (Å²) in [6.07, 6.45) is 37.5. The van der Waals surface area contributed by atoms with E-state index < -0.39 is 0 Å². The number of rotatable bonds is 5. The maximum absolute atomic E-state index is 6.42. The summed E-state index contributed by atoms with van der Waals surface area (Å²) in [6, 6.07) is 35.6. The molecule has 0 saturated heterocycles. The largest absolute Gasteiger partial charge is 0.485 e. The highest BCUT2D eigenvalue weighted by atomic mass is 16.5. The van der Waals surface area contributed by atoms with Crippen molar-refractivity contribution in [2.45, 2.75) is 82.1 Å². The molecule has 64 heavy (non-hydrogen) atoms. The highest BCUT2D eigenvalue weighted by Crippen LogP contribution is 2.67. The molecule has 0 N–H and O–H groups in total. The molecule has 13 rings (SSSR count). The third-order valence-electron chi connectivity index (χ3n) is 16.6. The molecule has 1 spiro atoms. The molecule has 0 radical (unpaired) electrons. The van der Waals surface area contributed by atoms with Gasteiger partial charge in [0.05, 0.1) is 11.4 Å². The van der Waals surface area contributed by atoms with Crippen molar-refractivity contribution in [3.63, 3.8) is 0 Å². The van der Waals surface area contributed by atoms with Crippen molar-refractivity contribution in [1.82, 2.24) is 9.97 Å². The molecule has 5 aromatic rings. The van der Waals surface area contributed by atoms with Crippen LogP contribution in [0.5, 0.6) is 5.75 Å². The molecule has 2 saturated carbocycles.